The third kappa shape index (κ3) is 4.55. The van der Waals surface area contributed by atoms with Crippen LogP contribution in [-0.4, -0.2) is 28.1 Å². The number of hydrogen-bond acceptors (Lipinski definition) is 2. The summed E-state index contributed by atoms with van der Waals surface area (Å²) in [5.41, 5.74) is 2.61. The monoisotopic (exact) mass is 293 g/mol. The Kier molecular flexibility index (Phi) is 6.60. The Hall–Kier alpha value is -0.960. The molecule has 1 rings (SSSR count). The van der Waals surface area contributed by atoms with E-state index in [4.69, 9.17) is 0 Å². The molecule has 0 fully saturated rings. The van der Waals surface area contributed by atoms with Crippen LogP contribution in [0, 0.1) is 6.92 Å². The summed E-state index contributed by atoms with van der Waals surface area (Å²) in [6.07, 6.45) is 0. The van der Waals surface area contributed by atoms with Crippen LogP contribution in [0.5, 0.6) is 0 Å². The van der Waals surface area contributed by atoms with Gasteiger partial charge in [0, 0.05) is 17.8 Å². The van der Waals surface area contributed by atoms with E-state index < -0.39 is 0 Å². The minimum absolute atomic E-state index is 0.000550. The highest BCUT2D eigenvalue weighted by Crippen LogP contribution is 2.23. The summed E-state index contributed by atoms with van der Waals surface area (Å²) in [6.45, 7) is 12.5. The van der Waals surface area contributed by atoms with Gasteiger partial charge in [0.15, 0.2) is 0 Å². The second-order valence-corrected chi connectivity index (χ2v) is 7.14. The van der Waals surface area contributed by atoms with Gasteiger partial charge in [-0.25, -0.2) is 0 Å². The fourth-order valence-electron chi connectivity index (χ4n) is 2.37. The zero-order valence-electron chi connectivity index (χ0n) is 13.5. The first kappa shape index (κ1) is 17.1. The van der Waals surface area contributed by atoms with Gasteiger partial charge in [-0.2, -0.15) is 0 Å². The van der Waals surface area contributed by atoms with Crippen molar-refractivity contribution in [2.45, 2.75) is 64.6 Å². The number of aryl methyl sites for hydroxylation is 1. The maximum absolute atomic E-state index is 12.5. The molecule has 0 aliphatic carbocycles. The van der Waals surface area contributed by atoms with Crippen molar-refractivity contribution >= 4 is 17.7 Å². The third-order valence-electron chi connectivity index (χ3n) is 3.47. The molecule has 0 bridgehead atoms. The molecule has 0 N–H and O–H groups in total. The Bertz CT molecular complexity index is 434. The molecule has 0 saturated carbocycles. The van der Waals surface area contributed by atoms with Gasteiger partial charge in [0.1, 0.15) is 0 Å². The smallest absolute Gasteiger partial charge is 0.235 e. The van der Waals surface area contributed by atoms with Crippen LogP contribution in [0.3, 0.4) is 0 Å². The standard InChI is InChI=1S/C17H27NOS/c1-12(2)18(13(3)4)17(19)15(6)20-11-16-10-8-7-9-14(16)5/h7-10,12-13,15H,11H2,1-6H3/t15-/m0/s1. The van der Waals surface area contributed by atoms with Gasteiger partial charge in [-0.05, 0) is 52.7 Å². The molecule has 1 aromatic carbocycles. The molecule has 1 amide bonds. The summed E-state index contributed by atoms with van der Waals surface area (Å²) in [6, 6.07) is 8.88. The molecule has 0 aromatic heterocycles. The van der Waals surface area contributed by atoms with Gasteiger partial charge in [-0.3, -0.25) is 4.79 Å². The van der Waals surface area contributed by atoms with Crippen LogP contribution in [0.25, 0.3) is 0 Å². The van der Waals surface area contributed by atoms with Crippen LogP contribution in [0.1, 0.15) is 45.7 Å². The Balaban J connectivity index is 2.64. The number of benzene rings is 1. The molecule has 0 aliphatic rings. The first-order valence-electron chi connectivity index (χ1n) is 7.32. The maximum Gasteiger partial charge on any atom is 0.235 e. The van der Waals surface area contributed by atoms with Crippen molar-refractivity contribution in [2.75, 3.05) is 0 Å². The number of carbonyl (C=O) groups is 1. The fourth-order valence-corrected chi connectivity index (χ4v) is 3.39. The largest absolute Gasteiger partial charge is 0.337 e. The molecule has 0 heterocycles. The molecule has 1 aromatic rings. The lowest BCUT2D eigenvalue weighted by Crippen LogP contribution is -2.45. The molecule has 20 heavy (non-hydrogen) atoms. The Morgan fingerprint density at radius 1 is 1.10 bits per heavy atom. The van der Waals surface area contributed by atoms with Crippen LogP contribution < -0.4 is 0 Å². The van der Waals surface area contributed by atoms with Crippen molar-refractivity contribution in [1.29, 1.82) is 0 Å². The van der Waals surface area contributed by atoms with E-state index in [2.05, 4.69) is 58.9 Å². The van der Waals surface area contributed by atoms with E-state index in [0.717, 1.165) is 5.75 Å². The highest BCUT2D eigenvalue weighted by molar-refractivity contribution is 7.99. The number of thioether (sulfide) groups is 1. The van der Waals surface area contributed by atoms with E-state index in [0.29, 0.717) is 0 Å². The van der Waals surface area contributed by atoms with Crippen molar-refractivity contribution < 1.29 is 4.79 Å². The molecular formula is C17H27NOS. The SMILES string of the molecule is Cc1ccccc1CS[C@@H](C)C(=O)N(C(C)C)C(C)C. The molecule has 2 nitrogen and oxygen atoms in total. The lowest BCUT2D eigenvalue weighted by atomic mass is 10.1. The van der Waals surface area contributed by atoms with E-state index in [1.54, 1.807) is 11.8 Å². The lowest BCUT2D eigenvalue weighted by Gasteiger charge is -2.33. The number of nitrogens with zero attached hydrogens (tertiary/aromatic N) is 1. The molecule has 0 unspecified atom stereocenters. The summed E-state index contributed by atoms with van der Waals surface area (Å²) in [5.74, 6) is 1.14. The topological polar surface area (TPSA) is 20.3 Å². The van der Waals surface area contributed by atoms with Crippen molar-refractivity contribution in [3.8, 4) is 0 Å². The average molecular weight is 293 g/mol. The van der Waals surface area contributed by atoms with Gasteiger partial charge < -0.3 is 4.90 Å². The van der Waals surface area contributed by atoms with E-state index in [1.165, 1.54) is 11.1 Å². The van der Waals surface area contributed by atoms with Gasteiger partial charge in [-0.15, -0.1) is 11.8 Å². The second-order valence-electron chi connectivity index (χ2n) is 5.81. The van der Waals surface area contributed by atoms with Crippen molar-refractivity contribution in [2.24, 2.45) is 0 Å². The Morgan fingerprint density at radius 2 is 1.65 bits per heavy atom. The summed E-state index contributed by atoms with van der Waals surface area (Å²) in [5, 5.41) is -0.000550. The molecule has 0 spiro atoms. The van der Waals surface area contributed by atoms with Crippen LogP contribution in [0.2, 0.25) is 0 Å². The average Bonchev–Trinajstić information content (AvgIpc) is 2.36. The normalized spacial score (nSPS) is 12.8. The van der Waals surface area contributed by atoms with Crippen LogP contribution in [-0.2, 0) is 10.5 Å². The van der Waals surface area contributed by atoms with Crippen LogP contribution >= 0.6 is 11.8 Å². The van der Waals surface area contributed by atoms with Gasteiger partial charge in [-0.1, -0.05) is 24.3 Å². The Labute approximate surface area is 127 Å². The molecule has 0 saturated heterocycles. The predicted molar refractivity (Wildman–Crippen MR) is 89.1 cm³/mol. The van der Waals surface area contributed by atoms with Gasteiger partial charge in [0.05, 0.1) is 5.25 Å². The summed E-state index contributed by atoms with van der Waals surface area (Å²) < 4.78 is 0. The molecule has 1 atom stereocenters. The predicted octanol–water partition coefficient (Wildman–Crippen LogP) is 4.26. The van der Waals surface area contributed by atoms with E-state index in [1.807, 2.05) is 11.8 Å². The molecule has 112 valence electrons. The van der Waals surface area contributed by atoms with Crippen molar-refractivity contribution in [3.05, 3.63) is 35.4 Å². The highest BCUT2D eigenvalue weighted by Gasteiger charge is 2.25. The Morgan fingerprint density at radius 3 is 2.15 bits per heavy atom. The zero-order chi connectivity index (χ0) is 15.3. The van der Waals surface area contributed by atoms with Crippen molar-refractivity contribution in [3.63, 3.8) is 0 Å². The number of amides is 1. The molecule has 0 aliphatic heterocycles. The van der Waals surface area contributed by atoms with Crippen LogP contribution in [0.15, 0.2) is 24.3 Å². The van der Waals surface area contributed by atoms with Gasteiger partial charge in [0.25, 0.3) is 0 Å². The quantitative estimate of drug-likeness (QED) is 0.781. The molecule has 3 heteroatoms. The first-order valence-corrected chi connectivity index (χ1v) is 8.37. The maximum atomic E-state index is 12.5. The van der Waals surface area contributed by atoms with E-state index in [-0.39, 0.29) is 23.2 Å². The van der Waals surface area contributed by atoms with Gasteiger partial charge in [0.2, 0.25) is 5.91 Å². The third-order valence-corrected chi connectivity index (χ3v) is 4.64. The van der Waals surface area contributed by atoms with Crippen molar-refractivity contribution in [1.82, 2.24) is 4.90 Å². The summed E-state index contributed by atoms with van der Waals surface area (Å²) in [7, 11) is 0. The van der Waals surface area contributed by atoms with Crippen LogP contribution in [0.4, 0.5) is 0 Å². The number of hydrogen-bond donors (Lipinski definition) is 0. The lowest BCUT2D eigenvalue weighted by molar-refractivity contribution is -0.133. The fraction of sp³-hybridized carbons (Fsp3) is 0.588. The first-order chi connectivity index (χ1) is 9.34. The minimum atomic E-state index is -0.000550. The van der Waals surface area contributed by atoms with E-state index in [9.17, 15) is 4.79 Å². The van der Waals surface area contributed by atoms with Gasteiger partial charge >= 0.3 is 0 Å². The number of carbonyl (C=O) groups excluding carboxylic acids is 1. The minimum Gasteiger partial charge on any atom is -0.337 e. The summed E-state index contributed by atoms with van der Waals surface area (Å²) in [4.78, 5) is 14.5. The highest BCUT2D eigenvalue weighted by atomic mass is 32.2. The summed E-state index contributed by atoms with van der Waals surface area (Å²) >= 11 is 1.72. The van der Waals surface area contributed by atoms with E-state index >= 15 is 0 Å². The zero-order valence-corrected chi connectivity index (χ0v) is 14.3. The molecule has 0 radical (unpaired) electrons. The number of rotatable bonds is 6. The molecular weight excluding hydrogens is 266 g/mol. The second kappa shape index (κ2) is 7.72.